The molecule has 2 atom stereocenters. The van der Waals surface area contributed by atoms with Crippen LogP contribution in [0.25, 0.3) is 10.4 Å². The first-order valence-corrected chi connectivity index (χ1v) is 6.13. The van der Waals surface area contributed by atoms with Crippen molar-refractivity contribution in [1.29, 1.82) is 0 Å². The van der Waals surface area contributed by atoms with E-state index in [9.17, 15) is 0 Å². The standard InChI is InChI=1S/C13H17N3O3/c1-17-12-4-3-9(6-13(12)18-2)10-5-11(19-8-10)7-15-16-14/h3-4,6,10-11H,5,7-8H2,1-2H3/t10-,11+/m0/s1. The number of hydrogen-bond donors (Lipinski definition) is 0. The van der Waals surface area contributed by atoms with Gasteiger partial charge in [0.05, 0.1) is 33.5 Å². The fourth-order valence-electron chi connectivity index (χ4n) is 2.30. The molecule has 0 amide bonds. The maximum atomic E-state index is 8.31. The highest BCUT2D eigenvalue weighted by molar-refractivity contribution is 5.44. The Morgan fingerprint density at radius 3 is 2.84 bits per heavy atom. The number of benzene rings is 1. The maximum Gasteiger partial charge on any atom is 0.160 e. The first-order chi connectivity index (χ1) is 9.28. The van der Waals surface area contributed by atoms with E-state index in [4.69, 9.17) is 19.7 Å². The van der Waals surface area contributed by atoms with Gasteiger partial charge < -0.3 is 14.2 Å². The lowest BCUT2D eigenvalue weighted by Crippen LogP contribution is -2.08. The van der Waals surface area contributed by atoms with E-state index in [1.165, 1.54) is 0 Å². The Morgan fingerprint density at radius 2 is 2.16 bits per heavy atom. The second-order valence-corrected chi connectivity index (χ2v) is 4.42. The first-order valence-electron chi connectivity index (χ1n) is 6.13. The van der Waals surface area contributed by atoms with E-state index in [-0.39, 0.29) is 6.10 Å². The van der Waals surface area contributed by atoms with Gasteiger partial charge in [0.25, 0.3) is 0 Å². The molecule has 0 spiro atoms. The molecule has 0 bridgehead atoms. The van der Waals surface area contributed by atoms with Crippen molar-refractivity contribution in [2.75, 3.05) is 27.4 Å². The van der Waals surface area contributed by atoms with Crippen LogP contribution in [0.3, 0.4) is 0 Å². The number of hydrogen-bond acceptors (Lipinski definition) is 4. The first kappa shape index (κ1) is 13.5. The fourth-order valence-corrected chi connectivity index (χ4v) is 2.30. The Kier molecular flexibility index (Phi) is 4.49. The molecule has 19 heavy (non-hydrogen) atoms. The van der Waals surface area contributed by atoms with Crippen LogP contribution in [0, 0.1) is 0 Å². The summed E-state index contributed by atoms with van der Waals surface area (Å²) in [6.45, 7) is 1.03. The van der Waals surface area contributed by atoms with Crippen LogP contribution >= 0.6 is 0 Å². The third-order valence-electron chi connectivity index (χ3n) is 3.31. The summed E-state index contributed by atoms with van der Waals surface area (Å²) in [5, 5.41) is 3.55. The van der Waals surface area contributed by atoms with Gasteiger partial charge in [-0.15, -0.1) is 0 Å². The highest BCUT2D eigenvalue weighted by Crippen LogP contribution is 2.35. The molecule has 1 aromatic carbocycles. The van der Waals surface area contributed by atoms with Crippen molar-refractivity contribution >= 4 is 0 Å². The third-order valence-corrected chi connectivity index (χ3v) is 3.31. The molecule has 0 saturated carbocycles. The predicted molar refractivity (Wildman–Crippen MR) is 70.7 cm³/mol. The number of ether oxygens (including phenoxy) is 3. The van der Waals surface area contributed by atoms with Crippen molar-refractivity contribution in [3.8, 4) is 11.5 Å². The summed E-state index contributed by atoms with van der Waals surface area (Å²) in [6.07, 6.45) is 0.864. The summed E-state index contributed by atoms with van der Waals surface area (Å²) in [7, 11) is 3.24. The lowest BCUT2D eigenvalue weighted by atomic mass is 9.96. The minimum absolute atomic E-state index is 0.00833. The minimum atomic E-state index is 0.00833. The zero-order chi connectivity index (χ0) is 13.7. The molecule has 0 aliphatic carbocycles. The fraction of sp³-hybridized carbons (Fsp3) is 0.538. The van der Waals surface area contributed by atoms with Gasteiger partial charge in [-0.1, -0.05) is 11.2 Å². The zero-order valence-electron chi connectivity index (χ0n) is 11.1. The molecule has 1 aliphatic heterocycles. The van der Waals surface area contributed by atoms with Crippen molar-refractivity contribution in [2.24, 2.45) is 5.11 Å². The Balaban J connectivity index is 2.08. The normalized spacial score (nSPS) is 21.8. The predicted octanol–water partition coefficient (Wildman–Crippen LogP) is 2.89. The Bertz CT molecular complexity index is 486. The van der Waals surface area contributed by atoms with Crippen LogP contribution in [0.4, 0.5) is 0 Å². The molecule has 2 rings (SSSR count). The van der Waals surface area contributed by atoms with E-state index in [0.717, 1.165) is 23.5 Å². The SMILES string of the molecule is COc1ccc([C@@H]2CO[C@@H](CN=[N+]=[N-])C2)cc1OC. The second-order valence-electron chi connectivity index (χ2n) is 4.42. The zero-order valence-corrected chi connectivity index (χ0v) is 11.1. The summed E-state index contributed by atoms with van der Waals surface area (Å²) < 4.78 is 16.1. The van der Waals surface area contributed by atoms with Gasteiger partial charge in [-0.2, -0.15) is 0 Å². The van der Waals surface area contributed by atoms with Crippen molar-refractivity contribution in [3.05, 3.63) is 34.2 Å². The largest absolute Gasteiger partial charge is 0.493 e. The molecule has 0 unspecified atom stereocenters. The van der Waals surface area contributed by atoms with Gasteiger partial charge in [0.15, 0.2) is 11.5 Å². The Hall–Kier alpha value is -1.91. The van der Waals surface area contributed by atoms with Crippen molar-refractivity contribution in [3.63, 3.8) is 0 Å². The third kappa shape index (κ3) is 3.10. The Morgan fingerprint density at radius 1 is 1.37 bits per heavy atom. The van der Waals surface area contributed by atoms with Crippen LogP contribution in [0.15, 0.2) is 23.3 Å². The molecule has 0 radical (unpaired) electrons. The molecule has 1 aromatic rings. The van der Waals surface area contributed by atoms with Crippen molar-refractivity contribution in [2.45, 2.75) is 18.4 Å². The van der Waals surface area contributed by atoms with E-state index < -0.39 is 0 Å². The summed E-state index contributed by atoms with van der Waals surface area (Å²) in [6, 6.07) is 5.89. The molecule has 102 valence electrons. The monoisotopic (exact) mass is 263 g/mol. The van der Waals surface area contributed by atoms with E-state index >= 15 is 0 Å². The molecule has 1 aliphatic rings. The second kappa shape index (κ2) is 6.31. The van der Waals surface area contributed by atoms with Crippen molar-refractivity contribution < 1.29 is 14.2 Å². The van der Waals surface area contributed by atoms with Gasteiger partial charge >= 0.3 is 0 Å². The number of nitrogens with zero attached hydrogens (tertiary/aromatic N) is 3. The van der Waals surface area contributed by atoms with Crippen LogP contribution in [-0.2, 0) is 4.74 Å². The highest BCUT2D eigenvalue weighted by atomic mass is 16.5. The van der Waals surface area contributed by atoms with Gasteiger partial charge in [0.2, 0.25) is 0 Å². The van der Waals surface area contributed by atoms with Crippen LogP contribution < -0.4 is 9.47 Å². The quantitative estimate of drug-likeness (QED) is 0.465. The van der Waals surface area contributed by atoms with Gasteiger partial charge in [0, 0.05) is 10.8 Å². The van der Waals surface area contributed by atoms with Crippen molar-refractivity contribution in [1.82, 2.24) is 0 Å². The smallest absolute Gasteiger partial charge is 0.160 e. The van der Waals surface area contributed by atoms with E-state index in [0.29, 0.717) is 19.1 Å². The van der Waals surface area contributed by atoms with E-state index in [1.54, 1.807) is 14.2 Å². The van der Waals surface area contributed by atoms with Gasteiger partial charge in [-0.25, -0.2) is 0 Å². The lowest BCUT2D eigenvalue weighted by Gasteiger charge is -2.12. The number of methoxy groups -OCH3 is 2. The lowest BCUT2D eigenvalue weighted by molar-refractivity contribution is 0.116. The van der Waals surface area contributed by atoms with E-state index in [2.05, 4.69) is 10.0 Å². The molecule has 0 aromatic heterocycles. The minimum Gasteiger partial charge on any atom is -0.493 e. The topological polar surface area (TPSA) is 76.5 Å². The van der Waals surface area contributed by atoms with Crippen LogP contribution in [0.1, 0.15) is 17.9 Å². The van der Waals surface area contributed by atoms with Gasteiger partial charge in [-0.3, -0.25) is 0 Å². The summed E-state index contributed by atoms with van der Waals surface area (Å²) in [5.74, 6) is 1.74. The summed E-state index contributed by atoms with van der Waals surface area (Å²) in [5.41, 5.74) is 9.46. The van der Waals surface area contributed by atoms with Gasteiger partial charge in [-0.05, 0) is 29.6 Å². The van der Waals surface area contributed by atoms with Crippen LogP contribution in [-0.4, -0.2) is 33.5 Å². The highest BCUT2D eigenvalue weighted by Gasteiger charge is 2.26. The molecule has 6 nitrogen and oxygen atoms in total. The molecule has 6 heteroatoms. The van der Waals surface area contributed by atoms with Crippen LogP contribution in [0.5, 0.6) is 11.5 Å². The Labute approximate surface area is 111 Å². The average molecular weight is 263 g/mol. The molecule has 1 heterocycles. The van der Waals surface area contributed by atoms with Gasteiger partial charge in [0.1, 0.15) is 0 Å². The van der Waals surface area contributed by atoms with E-state index in [1.807, 2.05) is 18.2 Å². The molecular weight excluding hydrogens is 246 g/mol. The number of rotatable bonds is 5. The molecule has 1 fully saturated rings. The summed E-state index contributed by atoms with van der Waals surface area (Å²) in [4.78, 5) is 2.76. The average Bonchev–Trinajstić information content (AvgIpc) is 2.93. The molecule has 1 saturated heterocycles. The number of azide groups is 1. The van der Waals surface area contributed by atoms with Crippen LogP contribution in [0.2, 0.25) is 0 Å². The molecule has 0 N–H and O–H groups in total. The maximum absolute atomic E-state index is 8.31. The summed E-state index contributed by atoms with van der Waals surface area (Å²) >= 11 is 0. The molecular formula is C13H17N3O3.